The first-order valence-corrected chi connectivity index (χ1v) is 2.82. The standard InChI is InChI=1S/C5H4F3NS/c6-4(5(7)8)1-2-9-3-10/h1-2H2. The Morgan fingerprint density at radius 2 is 2.00 bits per heavy atom. The van der Waals surface area contributed by atoms with Gasteiger partial charge in [0.15, 0.2) is 5.83 Å². The van der Waals surface area contributed by atoms with Crippen LogP contribution < -0.4 is 0 Å². The molecule has 0 aliphatic heterocycles. The summed E-state index contributed by atoms with van der Waals surface area (Å²) in [6, 6.07) is 0. The second-order valence-electron chi connectivity index (χ2n) is 1.39. The van der Waals surface area contributed by atoms with E-state index in [-0.39, 0.29) is 6.54 Å². The van der Waals surface area contributed by atoms with Crippen LogP contribution in [0.2, 0.25) is 0 Å². The average Bonchev–Trinajstić information content (AvgIpc) is 1.88. The number of hydrogen-bond donors (Lipinski definition) is 0. The molecule has 0 N–H and O–H groups in total. The van der Waals surface area contributed by atoms with E-state index in [2.05, 4.69) is 17.2 Å². The number of hydrogen-bond acceptors (Lipinski definition) is 2. The van der Waals surface area contributed by atoms with E-state index in [4.69, 9.17) is 0 Å². The molecule has 0 aliphatic carbocycles. The van der Waals surface area contributed by atoms with Gasteiger partial charge in [-0.1, -0.05) is 0 Å². The van der Waals surface area contributed by atoms with Crippen molar-refractivity contribution < 1.29 is 13.2 Å². The van der Waals surface area contributed by atoms with Crippen LogP contribution in [0.1, 0.15) is 6.42 Å². The summed E-state index contributed by atoms with van der Waals surface area (Å²) in [6.07, 6.45) is -2.70. The van der Waals surface area contributed by atoms with Crippen molar-refractivity contribution in [3.05, 3.63) is 11.9 Å². The zero-order chi connectivity index (χ0) is 7.98. The van der Waals surface area contributed by atoms with Crippen LogP contribution in [0.3, 0.4) is 0 Å². The lowest BCUT2D eigenvalue weighted by Gasteiger charge is -1.87. The molecule has 0 aliphatic rings. The fourth-order valence-corrected chi connectivity index (χ4v) is 0.385. The van der Waals surface area contributed by atoms with Gasteiger partial charge >= 0.3 is 6.08 Å². The van der Waals surface area contributed by atoms with Gasteiger partial charge in [-0.05, 0) is 12.2 Å². The van der Waals surface area contributed by atoms with E-state index >= 15 is 0 Å². The lowest BCUT2D eigenvalue weighted by molar-refractivity contribution is 0.371. The largest absolute Gasteiger partial charge is 0.301 e. The second kappa shape index (κ2) is 5.14. The molecule has 0 bridgehead atoms. The van der Waals surface area contributed by atoms with Gasteiger partial charge in [0.05, 0.1) is 11.7 Å². The number of halogens is 3. The average molecular weight is 167 g/mol. The maximum absolute atomic E-state index is 11.9. The third kappa shape index (κ3) is 4.23. The molecule has 0 spiro atoms. The fourth-order valence-electron chi connectivity index (χ4n) is 0.294. The number of rotatable bonds is 3. The summed E-state index contributed by atoms with van der Waals surface area (Å²) >= 11 is 4.13. The van der Waals surface area contributed by atoms with Gasteiger partial charge in [0.25, 0.3) is 0 Å². The molecule has 0 saturated carbocycles. The van der Waals surface area contributed by atoms with Crippen LogP contribution >= 0.6 is 12.2 Å². The molecule has 0 amide bonds. The minimum Gasteiger partial charge on any atom is -0.232 e. The molecule has 0 saturated heterocycles. The molecule has 0 heterocycles. The minimum absolute atomic E-state index is 0.0767. The molecule has 56 valence electrons. The Labute approximate surface area is 61.3 Å². The van der Waals surface area contributed by atoms with E-state index in [1.807, 2.05) is 5.16 Å². The van der Waals surface area contributed by atoms with Crippen molar-refractivity contribution in [1.29, 1.82) is 0 Å². The fraction of sp³-hybridized carbons (Fsp3) is 0.400. The molecule has 10 heavy (non-hydrogen) atoms. The highest BCUT2D eigenvalue weighted by Crippen LogP contribution is 2.12. The molecule has 0 fully saturated rings. The predicted molar refractivity (Wildman–Crippen MR) is 34.9 cm³/mol. The van der Waals surface area contributed by atoms with Crippen molar-refractivity contribution in [3.63, 3.8) is 0 Å². The quantitative estimate of drug-likeness (QED) is 0.464. The SMILES string of the molecule is FC(F)=C(F)CCN=C=S. The number of nitrogens with zero attached hydrogens (tertiary/aromatic N) is 1. The van der Waals surface area contributed by atoms with Gasteiger partial charge in [-0.25, -0.2) is 9.38 Å². The molecular weight excluding hydrogens is 163 g/mol. The van der Waals surface area contributed by atoms with Crippen molar-refractivity contribution >= 4 is 17.4 Å². The van der Waals surface area contributed by atoms with Gasteiger partial charge in [0.2, 0.25) is 0 Å². The summed E-state index contributed by atoms with van der Waals surface area (Å²) in [6.45, 7) is -0.0767. The highest BCUT2D eigenvalue weighted by Gasteiger charge is 2.02. The van der Waals surface area contributed by atoms with Crippen molar-refractivity contribution in [3.8, 4) is 0 Å². The van der Waals surface area contributed by atoms with E-state index in [9.17, 15) is 13.2 Å². The van der Waals surface area contributed by atoms with Crippen molar-refractivity contribution in [2.24, 2.45) is 4.99 Å². The van der Waals surface area contributed by atoms with E-state index in [0.717, 1.165) is 0 Å². The van der Waals surface area contributed by atoms with Gasteiger partial charge in [-0.3, -0.25) is 0 Å². The summed E-state index contributed by atoms with van der Waals surface area (Å²) < 4.78 is 34.4. The molecular formula is C5H4F3NS. The van der Waals surface area contributed by atoms with Crippen molar-refractivity contribution in [2.45, 2.75) is 6.42 Å². The molecule has 0 radical (unpaired) electrons. The summed E-state index contributed by atoms with van der Waals surface area (Å²) in [5.41, 5.74) is 0. The third-order valence-electron chi connectivity index (χ3n) is 0.713. The van der Waals surface area contributed by atoms with Crippen molar-refractivity contribution in [1.82, 2.24) is 0 Å². The summed E-state index contributed by atoms with van der Waals surface area (Å²) in [7, 11) is 0. The Bertz CT molecular complexity index is 179. The maximum atomic E-state index is 11.9. The smallest absolute Gasteiger partial charge is 0.232 e. The first kappa shape index (κ1) is 9.33. The first-order chi connectivity index (χ1) is 4.68. The molecule has 0 aromatic heterocycles. The van der Waals surface area contributed by atoms with Crippen LogP contribution in [0.15, 0.2) is 16.9 Å². The predicted octanol–water partition coefficient (Wildman–Crippen LogP) is 2.56. The van der Waals surface area contributed by atoms with Gasteiger partial charge in [-0.15, -0.1) is 0 Å². The summed E-state index contributed by atoms with van der Waals surface area (Å²) in [5, 5.41) is 1.94. The highest BCUT2D eigenvalue weighted by atomic mass is 32.1. The zero-order valence-corrected chi connectivity index (χ0v) is 5.72. The molecule has 0 aromatic rings. The van der Waals surface area contributed by atoms with E-state index in [1.165, 1.54) is 0 Å². The van der Waals surface area contributed by atoms with Gasteiger partial charge in [0.1, 0.15) is 0 Å². The van der Waals surface area contributed by atoms with Gasteiger partial charge < -0.3 is 0 Å². The topological polar surface area (TPSA) is 12.4 Å². The number of isothiocyanates is 1. The van der Waals surface area contributed by atoms with Gasteiger partial charge in [-0.2, -0.15) is 8.78 Å². The van der Waals surface area contributed by atoms with Gasteiger partial charge in [0, 0.05) is 6.42 Å². The van der Waals surface area contributed by atoms with E-state index in [0.29, 0.717) is 0 Å². The third-order valence-corrected chi connectivity index (χ3v) is 0.842. The van der Waals surface area contributed by atoms with Crippen LogP contribution in [0.4, 0.5) is 13.2 Å². The Hall–Kier alpha value is -0.670. The van der Waals surface area contributed by atoms with Crippen LogP contribution in [-0.2, 0) is 0 Å². The molecule has 1 nitrogen and oxygen atoms in total. The Morgan fingerprint density at radius 3 is 2.40 bits per heavy atom. The maximum Gasteiger partial charge on any atom is 0.301 e. The number of aliphatic imine (C=N–C) groups is 1. The zero-order valence-electron chi connectivity index (χ0n) is 4.90. The normalized spacial score (nSPS) is 8.30. The Kier molecular flexibility index (Phi) is 4.80. The van der Waals surface area contributed by atoms with E-state index < -0.39 is 18.3 Å². The lowest BCUT2D eigenvalue weighted by atomic mass is 10.4. The van der Waals surface area contributed by atoms with Crippen LogP contribution in [0.25, 0.3) is 0 Å². The molecule has 5 heteroatoms. The minimum atomic E-state index is -2.29. The van der Waals surface area contributed by atoms with Crippen LogP contribution in [0.5, 0.6) is 0 Å². The Balaban J connectivity index is 3.70. The van der Waals surface area contributed by atoms with E-state index in [1.54, 1.807) is 0 Å². The lowest BCUT2D eigenvalue weighted by Crippen LogP contribution is -1.81. The molecule has 0 aromatic carbocycles. The monoisotopic (exact) mass is 167 g/mol. The molecule has 0 atom stereocenters. The number of thiocarbonyl (C=S) groups is 1. The van der Waals surface area contributed by atoms with Crippen molar-refractivity contribution in [2.75, 3.05) is 6.54 Å². The van der Waals surface area contributed by atoms with Crippen LogP contribution in [0, 0.1) is 0 Å². The molecule has 0 unspecified atom stereocenters. The summed E-state index contributed by atoms with van der Waals surface area (Å²) in [4.78, 5) is 3.25. The Morgan fingerprint density at radius 1 is 1.40 bits per heavy atom. The highest BCUT2D eigenvalue weighted by molar-refractivity contribution is 7.78. The summed E-state index contributed by atoms with van der Waals surface area (Å²) in [5.74, 6) is -1.44. The first-order valence-electron chi connectivity index (χ1n) is 2.41. The molecule has 0 rings (SSSR count). The second-order valence-corrected chi connectivity index (χ2v) is 1.57. The van der Waals surface area contributed by atoms with Crippen LogP contribution in [-0.4, -0.2) is 11.7 Å².